The van der Waals surface area contributed by atoms with E-state index in [1.807, 2.05) is 48.5 Å². The first kappa shape index (κ1) is 21.4. The molecule has 33 heavy (non-hydrogen) atoms. The third-order valence-electron chi connectivity index (χ3n) is 5.41. The maximum absolute atomic E-state index is 12.6. The van der Waals surface area contributed by atoms with Crippen molar-refractivity contribution in [3.8, 4) is 28.3 Å². The number of hydrogen-bond acceptors (Lipinski definition) is 3. The molecule has 0 radical (unpaired) electrons. The minimum Gasteiger partial charge on any atom is -0.294 e. The number of Topliss-reactive ketones (excluding diaryl/α,β-unsaturated/α-hetero) is 2. The van der Waals surface area contributed by atoms with Crippen LogP contribution in [0.1, 0.15) is 32.7 Å². The Morgan fingerprint density at radius 3 is 1.36 bits per heavy atom. The average Bonchev–Trinajstić information content (AvgIpc) is 2.89. The van der Waals surface area contributed by atoms with Gasteiger partial charge in [0, 0.05) is 11.1 Å². The van der Waals surface area contributed by atoms with Gasteiger partial charge in [-0.25, -0.2) is 4.85 Å². The number of nitrogens with zero attached hydrogens (tertiary/aromatic N) is 2. The number of carbonyl (C=O) groups is 2. The predicted octanol–water partition coefficient (Wildman–Crippen LogP) is 6.90. The van der Waals surface area contributed by atoms with Crippen LogP contribution in [0.2, 0.25) is 0 Å². The zero-order valence-corrected chi connectivity index (χ0v) is 17.7. The van der Waals surface area contributed by atoms with E-state index in [0.29, 0.717) is 22.4 Å². The van der Waals surface area contributed by atoms with Crippen LogP contribution in [0.25, 0.3) is 27.1 Å². The summed E-state index contributed by atoms with van der Waals surface area (Å²) in [6.07, 6.45) is -0.199. The monoisotopic (exact) mass is 426 g/mol. The number of ketones is 2. The molecule has 0 amide bonds. The second-order valence-electron chi connectivity index (χ2n) is 7.53. The van der Waals surface area contributed by atoms with Gasteiger partial charge < -0.3 is 0 Å². The lowest BCUT2D eigenvalue weighted by Crippen LogP contribution is -2.08. The lowest BCUT2D eigenvalue weighted by molar-refractivity contribution is 0.0894. The molecule has 0 N–H and O–H groups in total. The predicted molar refractivity (Wildman–Crippen MR) is 128 cm³/mol. The molecule has 0 saturated heterocycles. The second kappa shape index (κ2) is 9.56. The highest BCUT2D eigenvalue weighted by molar-refractivity contribution is 6.13. The van der Waals surface area contributed by atoms with Gasteiger partial charge in [-0.05, 0) is 34.4 Å². The summed E-state index contributed by atoms with van der Waals surface area (Å²) < 4.78 is 0. The molecule has 4 rings (SSSR count). The van der Waals surface area contributed by atoms with Crippen molar-refractivity contribution in [3.05, 3.63) is 125 Å². The molecule has 156 valence electrons. The summed E-state index contributed by atoms with van der Waals surface area (Å²) in [6, 6.07) is 30.8. The molecule has 0 atom stereocenters. The van der Waals surface area contributed by atoms with Gasteiger partial charge in [-0.1, -0.05) is 84.9 Å². The molecular formula is C29H18N2O2. The van der Waals surface area contributed by atoms with Crippen molar-refractivity contribution >= 4 is 17.3 Å². The molecule has 0 aliphatic rings. The quantitative estimate of drug-likeness (QED) is 0.191. The van der Waals surface area contributed by atoms with E-state index < -0.39 is 0 Å². The van der Waals surface area contributed by atoms with Crippen molar-refractivity contribution in [2.45, 2.75) is 6.42 Å². The van der Waals surface area contributed by atoms with Crippen LogP contribution in [0, 0.1) is 17.9 Å². The van der Waals surface area contributed by atoms with E-state index in [0.717, 1.165) is 22.3 Å². The van der Waals surface area contributed by atoms with Crippen molar-refractivity contribution in [3.63, 3.8) is 0 Å². The Morgan fingerprint density at radius 1 is 0.636 bits per heavy atom. The van der Waals surface area contributed by atoms with Crippen LogP contribution in [-0.2, 0) is 0 Å². The third-order valence-corrected chi connectivity index (χ3v) is 5.41. The fourth-order valence-corrected chi connectivity index (χ4v) is 3.51. The highest BCUT2D eigenvalue weighted by Crippen LogP contribution is 2.24. The summed E-state index contributed by atoms with van der Waals surface area (Å²) in [5, 5.41) is 8.91. The Bertz CT molecular complexity index is 1270. The molecule has 4 aromatic carbocycles. The van der Waals surface area contributed by atoms with E-state index in [-0.39, 0.29) is 18.0 Å². The van der Waals surface area contributed by atoms with Crippen LogP contribution in [0.4, 0.5) is 5.69 Å². The van der Waals surface area contributed by atoms with Crippen molar-refractivity contribution in [1.82, 2.24) is 0 Å². The average molecular weight is 426 g/mol. The molecular weight excluding hydrogens is 408 g/mol. The van der Waals surface area contributed by atoms with Crippen LogP contribution in [0.3, 0.4) is 0 Å². The van der Waals surface area contributed by atoms with Crippen LogP contribution < -0.4 is 0 Å². The Morgan fingerprint density at radius 2 is 1.00 bits per heavy atom. The SMILES string of the molecule is [C-]#[N+]c1ccc(-c2ccc(C(=O)CC(=O)c3ccc(-c4ccc(C#N)cc4)cc3)cc2)cc1. The number of benzene rings is 4. The summed E-state index contributed by atoms with van der Waals surface area (Å²) in [7, 11) is 0. The minimum atomic E-state index is -0.231. The molecule has 0 spiro atoms. The Hall–Kier alpha value is -4.80. The zero-order chi connectivity index (χ0) is 23.2. The fraction of sp³-hybridized carbons (Fsp3) is 0.0345. The first-order valence-electron chi connectivity index (χ1n) is 10.3. The van der Waals surface area contributed by atoms with E-state index in [2.05, 4.69) is 10.9 Å². The Balaban J connectivity index is 1.42. The zero-order valence-electron chi connectivity index (χ0n) is 17.7. The minimum absolute atomic E-state index is 0.199. The molecule has 4 heteroatoms. The van der Waals surface area contributed by atoms with Crippen LogP contribution >= 0.6 is 0 Å². The van der Waals surface area contributed by atoms with Gasteiger partial charge in [-0.3, -0.25) is 9.59 Å². The van der Waals surface area contributed by atoms with Gasteiger partial charge in [0.1, 0.15) is 0 Å². The maximum Gasteiger partial charge on any atom is 0.187 e. The summed E-state index contributed by atoms with van der Waals surface area (Å²) in [6.45, 7) is 7.03. The smallest absolute Gasteiger partial charge is 0.187 e. The van der Waals surface area contributed by atoms with Gasteiger partial charge in [0.05, 0.1) is 24.6 Å². The number of nitriles is 1. The van der Waals surface area contributed by atoms with Crippen molar-refractivity contribution in [2.24, 2.45) is 0 Å². The normalized spacial score (nSPS) is 10.1. The Kier molecular flexibility index (Phi) is 6.21. The number of carbonyl (C=O) groups excluding carboxylic acids is 2. The van der Waals surface area contributed by atoms with Crippen molar-refractivity contribution < 1.29 is 9.59 Å². The van der Waals surface area contributed by atoms with E-state index in [1.54, 1.807) is 48.5 Å². The second-order valence-corrected chi connectivity index (χ2v) is 7.53. The molecule has 0 aliphatic carbocycles. The van der Waals surface area contributed by atoms with Crippen molar-refractivity contribution in [2.75, 3.05) is 0 Å². The van der Waals surface area contributed by atoms with Gasteiger partial charge in [-0.2, -0.15) is 5.26 Å². The lowest BCUT2D eigenvalue weighted by Gasteiger charge is -2.06. The molecule has 0 unspecified atom stereocenters. The van der Waals surface area contributed by atoms with Crippen LogP contribution in [0.5, 0.6) is 0 Å². The topological polar surface area (TPSA) is 62.3 Å². The van der Waals surface area contributed by atoms with E-state index in [4.69, 9.17) is 11.8 Å². The van der Waals surface area contributed by atoms with Crippen molar-refractivity contribution in [1.29, 1.82) is 5.26 Å². The first-order chi connectivity index (χ1) is 16.1. The molecule has 0 saturated carbocycles. The summed E-state index contributed by atoms with van der Waals surface area (Å²) in [4.78, 5) is 28.6. The lowest BCUT2D eigenvalue weighted by atomic mass is 9.97. The van der Waals surface area contributed by atoms with Gasteiger partial charge in [0.25, 0.3) is 0 Å². The Labute approximate surface area is 192 Å². The summed E-state index contributed by atoms with van der Waals surface area (Å²) in [5.41, 5.74) is 5.92. The molecule has 4 nitrogen and oxygen atoms in total. The third kappa shape index (κ3) is 4.93. The maximum atomic E-state index is 12.6. The number of hydrogen-bond donors (Lipinski definition) is 0. The van der Waals surface area contributed by atoms with Gasteiger partial charge >= 0.3 is 0 Å². The standard InChI is InChI=1S/C29H18N2O2/c1-31-27-16-14-24(15-17-27)23-8-12-26(13-9-23)29(33)18-28(32)25-10-6-22(7-11-25)21-4-2-20(19-30)3-5-21/h2-17H,18H2. The van der Waals surface area contributed by atoms with E-state index >= 15 is 0 Å². The van der Waals surface area contributed by atoms with Crippen LogP contribution in [0.15, 0.2) is 97.1 Å². The molecule has 0 bridgehead atoms. The summed E-state index contributed by atoms with van der Waals surface area (Å²) in [5.74, 6) is -0.462. The highest BCUT2D eigenvalue weighted by Gasteiger charge is 2.14. The molecule has 0 heterocycles. The van der Waals surface area contributed by atoms with Crippen LogP contribution in [-0.4, -0.2) is 11.6 Å². The fourth-order valence-electron chi connectivity index (χ4n) is 3.51. The molecule has 4 aromatic rings. The molecule has 0 fully saturated rings. The molecule has 0 aliphatic heterocycles. The highest BCUT2D eigenvalue weighted by atomic mass is 16.1. The van der Waals surface area contributed by atoms with E-state index in [1.165, 1.54) is 0 Å². The van der Waals surface area contributed by atoms with Gasteiger partial charge in [0.2, 0.25) is 0 Å². The summed E-state index contributed by atoms with van der Waals surface area (Å²) >= 11 is 0. The molecule has 0 aromatic heterocycles. The van der Waals surface area contributed by atoms with Gasteiger partial charge in [0.15, 0.2) is 17.3 Å². The number of rotatable bonds is 6. The first-order valence-corrected chi connectivity index (χ1v) is 10.3. The largest absolute Gasteiger partial charge is 0.294 e. The van der Waals surface area contributed by atoms with Gasteiger partial charge in [-0.15, -0.1) is 0 Å². The van der Waals surface area contributed by atoms with E-state index in [9.17, 15) is 9.59 Å².